The Morgan fingerprint density at radius 1 is 1.24 bits per heavy atom. The molecule has 1 aromatic heterocycles. The molecule has 2 N–H and O–H groups in total. The van der Waals surface area contributed by atoms with Crippen LogP contribution in [0.4, 0.5) is 11.5 Å². The average molecular weight is 288 g/mol. The SMILES string of the molecule is O=[N+]([O-])c1ccc[nH+]c1NCC12CC3CC(CC(C3)C1)C2. The first kappa shape index (κ1) is 13.0. The van der Waals surface area contributed by atoms with Crippen molar-refractivity contribution in [3.8, 4) is 0 Å². The molecule has 4 bridgehead atoms. The zero-order valence-electron chi connectivity index (χ0n) is 12.2. The van der Waals surface area contributed by atoms with Crippen molar-refractivity contribution in [2.75, 3.05) is 11.9 Å². The lowest BCUT2D eigenvalue weighted by Crippen LogP contribution is -2.49. The summed E-state index contributed by atoms with van der Waals surface area (Å²) in [5.74, 6) is 3.28. The molecule has 0 aromatic carbocycles. The Morgan fingerprint density at radius 2 is 1.86 bits per heavy atom. The number of pyridine rings is 1. The molecule has 4 fully saturated rings. The number of nitro groups is 1. The molecule has 0 amide bonds. The van der Waals surface area contributed by atoms with Gasteiger partial charge in [0.05, 0.1) is 17.7 Å². The minimum absolute atomic E-state index is 0.141. The second kappa shape index (κ2) is 4.68. The van der Waals surface area contributed by atoms with Gasteiger partial charge in [-0.1, -0.05) is 0 Å². The van der Waals surface area contributed by atoms with Crippen LogP contribution in [0.25, 0.3) is 0 Å². The zero-order valence-corrected chi connectivity index (χ0v) is 12.2. The molecule has 1 aromatic rings. The van der Waals surface area contributed by atoms with Gasteiger partial charge in [0.15, 0.2) is 0 Å². The highest BCUT2D eigenvalue weighted by atomic mass is 16.6. The molecule has 0 atom stereocenters. The third-order valence-electron chi connectivity index (χ3n) is 5.84. The van der Waals surface area contributed by atoms with E-state index in [4.69, 9.17) is 0 Å². The van der Waals surface area contributed by atoms with E-state index in [1.165, 1.54) is 38.5 Å². The maximum absolute atomic E-state index is 11.1. The highest BCUT2D eigenvalue weighted by Crippen LogP contribution is 2.59. The number of aromatic amines is 1. The average Bonchev–Trinajstić information content (AvgIpc) is 2.44. The summed E-state index contributed by atoms with van der Waals surface area (Å²) < 4.78 is 0. The highest BCUT2D eigenvalue weighted by Gasteiger charge is 2.51. The van der Waals surface area contributed by atoms with Crippen molar-refractivity contribution < 1.29 is 9.91 Å². The number of aromatic nitrogens is 1. The predicted octanol–water partition coefficient (Wildman–Crippen LogP) is 3.04. The smallest absolute Gasteiger partial charge is 0.268 e. The van der Waals surface area contributed by atoms with E-state index in [-0.39, 0.29) is 10.6 Å². The first-order valence-electron chi connectivity index (χ1n) is 8.02. The monoisotopic (exact) mass is 288 g/mol. The van der Waals surface area contributed by atoms with Crippen molar-refractivity contribution in [3.05, 3.63) is 28.4 Å². The van der Waals surface area contributed by atoms with Crippen LogP contribution in [0.2, 0.25) is 0 Å². The molecule has 5 heteroatoms. The van der Waals surface area contributed by atoms with Gasteiger partial charge in [0, 0.05) is 11.5 Å². The predicted molar refractivity (Wildman–Crippen MR) is 78.7 cm³/mol. The number of rotatable bonds is 4. The minimum atomic E-state index is -0.321. The van der Waals surface area contributed by atoms with Gasteiger partial charge in [-0.3, -0.25) is 15.4 Å². The van der Waals surface area contributed by atoms with Gasteiger partial charge in [-0.15, -0.1) is 0 Å². The molecule has 0 radical (unpaired) electrons. The van der Waals surface area contributed by atoms with E-state index in [9.17, 15) is 10.1 Å². The van der Waals surface area contributed by atoms with Gasteiger partial charge in [0.25, 0.3) is 0 Å². The van der Waals surface area contributed by atoms with Gasteiger partial charge in [-0.05, 0) is 62.3 Å². The van der Waals surface area contributed by atoms with Gasteiger partial charge in [-0.2, -0.15) is 0 Å². The van der Waals surface area contributed by atoms with Crippen LogP contribution in [0.1, 0.15) is 38.5 Å². The summed E-state index contributed by atoms with van der Waals surface area (Å²) in [4.78, 5) is 13.8. The van der Waals surface area contributed by atoms with Crippen LogP contribution < -0.4 is 10.3 Å². The van der Waals surface area contributed by atoms with Crippen molar-refractivity contribution >= 4 is 11.5 Å². The van der Waals surface area contributed by atoms with E-state index >= 15 is 0 Å². The number of nitrogens with zero attached hydrogens (tertiary/aromatic N) is 1. The van der Waals surface area contributed by atoms with E-state index in [0.717, 1.165) is 24.3 Å². The zero-order chi connectivity index (χ0) is 14.4. The Kier molecular flexibility index (Phi) is 2.91. The van der Waals surface area contributed by atoms with Crippen LogP contribution in [0.5, 0.6) is 0 Å². The first-order chi connectivity index (χ1) is 10.1. The summed E-state index contributed by atoms with van der Waals surface area (Å²) in [5, 5.41) is 14.4. The highest BCUT2D eigenvalue weighted by molar-refractivity contribution is 5.50. The largest absolute Gasteiger partial charge is 0.357 e. The number of hydrogen-bond acceptors (Lipinski definition) is 3. The molecular weight excluding hydrogens is 266 g/mol. The number of H-pyrrole nitrogens is 1. The second-order valence-corrected chi connectivity index (χ2v) is 7.46. The summed E-state index contributed by atoms with van der Waals surface area (Å²) >= 11 is 0. The van der Waals surface area contributed by atoms with E-state index in [0.29, 0.717) is 11.2 Å². The summed E-state index contributed by atoms with van der Waals surface area (Å²) in [6.07, 6.45) is 9.96. The maximum atomic E-state index is 11.1. The van der Waals surface area contributed by atoms with Crippen LogP contribution in [0.3, 0.4) is 0 Å². The standard InChI is InChI=1S/C16H21N3O2/c20-19(21)14-2-1-3-17-15(14)18-10-16-7-11-4-12(8-16)6-13(5-11)9-16/h1-3,11-13H,4-10H2,(H,17,18)/p+1. The topological polar surface area (TPSA) is 69.3 Å². The maximum Gasteiger partial charge on any atom is 0.357 e. The Hall–Kier alpha value is -1.65. The molecule has 0 spiro atoms. The molecule has 4 saturated carbocycles. The Bertz CT molecular complexity index is 537. The summed E-state index contributed by atoms with van der Waals surface area (Å²) in [7, 11) is 0. The molecule has 0 aliphatic heterocycles. The molecular formula is C16H22N3O2+. The van der Waals surface area contributed by atoms with Crippen LogP contribution in [-0.4, -0.2) is 11.5 Å². The lowest BCUT2D eigenvalue weighted by molar-refractivity contribution is -0.409. The van der Waals surface area contributed by atoms with Crippen molar-refractivity contribution in [1.29, 1.82) is 0 Å². The van der Waals surface area contributed by atoms with Gasteiger partial charge < -0.3 is 0 Å². The van der Waals surface area contributed by atoms with E-state index < -0.39 is 0 Å². The van der Waals surface area contributed by atoms with Gasteiger partial charge in [-0.25, -0.2) is 4.98 Å². The van der Waals surface area contributed by atoms with Gasteiger partial charge >= 0.3 is 11.5 Å². The van der Waals surface area contributed by atoms with Crippen molar-refractivity contribution in [3.63, 3.8) is 0 Å². The van der Waals surface area contributed by atoms with Crippen molar-refractivity contribution in [1.82, 2.24) is 0 Å². The molecule has 5 nitrogen and oxygen atoms in total. The summed E-state index contributed by atoms with van der Waals surface area (Å²) in [6.45, 7) is 0.873. The normalized spacial score (nSPS) is 36.7. The number of anilines is 1. The molecule has 4 aliphatic rings. The Morgan fingerprint density at radius 3 is 2.43 bits per heavy atom. The van der Waals surface area contributed by atoms with Crippen molar-refractivity contribution in [2.45, 2.75) is 38.5 Å². The van der Waals surface area contributed by atoms with Gasteiger partial charge in [0.1, 0.15) is 0 Å². The van der Waals surface area contributed by atoms with Crippen LogP contribution in [0, 0.1) is 33.3 Å². The fourth-order valence-electron chi connectivity index (χ4n) is 5.50. The third-order valence-corrected chi connectivity index (χ3v) is 5.84. The van der Waals surface area contributed by atoms with Crippen LogP contribution in [-0.2, 0) is 0 Å². The van der Waals surface area contributed by atoms with E-state index in [2.05, 4.69) is 10.3 Å². The quantitative estimate of drug-likeness (QED) is 0.684. The molecule has 0 unspecified atom stereocenters. The Labute approximate surface area is 124 Å². The lowest BCUT2D eigenvalue weighted by atomic mass is 9.49. The van der Waals surface area contributed by atoms with E-state index in [1.54, 1.807) is 18.3 Å². The fraction of sp³-hybridized carbons (Fsp3) is 0.688. The van der Waals surface area contributed by atoms with Crippen LogP contribution >= 0.6 is 0 Å². The van der Waals surface area contributed by atoms with E-state index in [1.807, 2.05) is 0 Å². The lowest BCUT2D eigenvalue weighted by Gasteiger charge is -2.56. The number of hydrogen-bond donors (Lipinski definition) is 1. The minimum Gasteiger partial charge on any atom is -0.268 e. The molecule has 112 valence electrons. The summed E-state index contributed by atoms with van der Waals surface area (Å²) in [6, 6.07) is 3.23. The summed E-state index contributed by atoms with van der Waals surface area (Å²) in [5.41, 5.74) is 0.522. The first-order valence-corrected chi connectivity index (χ1v) is 8.02. The molecule has 1 heterocycles. The van der Waals surface area contributed by atoms with Crippen LogP contribution in [0.15, 0.2) is 18.3 Å². The molecule has 4 aliphatic carbocycles. The number of nitrogens with one attached hydrogen (secondary N) is 2. The molecule has 21 heavy (non-hydrogen) atoms. The molecule has 0 saturated heterocycles. The Balaban J connectivity index is 1.51. The third kappa shape index (κ3) is 2.28. The van der Waals surface area contributed by atoms with Crippen molar-refractivity contribution in [2.24, 2.45) is 23.2 Å². The second-order valence-electron chi connectivity index (χ2n) is 7.46. The fourth-order valence-corrected chi connectivity index (χ4v) is 5.50. The molecule has 5 rings (SSSR count). The van der Waals surface area contributed by atoms with Gasteiger partial charge in [0.2, 0.25) is 0 Å².